The lowest BCUT2D eigenvalue weighted by molar-refractivity contribution is 0.312. The van der Waals surface area contributed by atoms with Crippen LogP contribution in [0, 0.1) is 5.41 Å². The largest absolute Gasteiger partial charge is 0.464 e. The average Bonchev–Trinajstić information content (AvgIpc) is 3.17. The molecule has 0 atom stereocenters. The molecule has 1 heterocycles. The topological polar surface area (TPSA) is 72.0 Å². The highest BCUT2D eigenvalue weighted by Gasteiger charge is 2.40. The molecule has 6 nitrogen and oxygen atoms in total. The fourth-order valence-corrected chi connectivity index (χ4v) is 1.84. The third-order valence-electron chi connectivity index (χ3n) is 3.44. The van der Waals surface area contributed by atoms with Gasteiger partial charge in [0, 0.05) is 13.6 Å². The Morgan fingerprint density at radius 3 is 2.44 bits per heavy atom. The standard InChI is InChI=1S/C12H21N5O/c1-4-12(6-7-12)8-14-10-15-9(13-3)16-11(17-10)18-5-2/h4-8H2,1-3H3,(H2,13,14,15,16,17). The van der Waals surface area contributed by atoms with Crippen LogP contribution in [-0.4, -0.2) is 35.2 Å². The van der Waals surface area contributed by atoms with Crippen LogP contribution in [-0.2, 0) is 0 Å². The smallest absolute Gasteiger partial charge is 0.323 e. The molecular formula is C12H21N5O. The van der Waals surface area contributed by atoms with Gasteiger partial charge in [0.25, 0.3) is 0 Å². The third-order valence-corrected chi connectivity index (χ3v) is 3.44. The van der Waals surface area contributed by atoms with Crippen molar-refractivity contribution >= 4 is 11.9 Å². The summed E-state index contributed by atoms with van der Waals surface area (Å²) >= 11 is 0. The summed E-state index contributed by atoms with van der Waals surface area (Å²) in [6, 6.07) is 0.362. The van der Waals surface area contributed by atoms with Crippen molar-refractivity contribution < 1.29 is 4.74 Å². The Hall–Kier alpha value is -1.59. The minimum absolute atomic E-state index is 0.362. The van der Waals surface area contributed by atoms with Crippen LogP contribution in [0.15, 0.2) is 0 Å². The minimum Gasteiger partial charge on any atom is -0.464 e. The monoisotopic (exact) mass is 251 g/mol. The maximum absolute atomic E-state index is 5.32. The first-order valence-electron chi connectivity index (χ1n) is 6.52. The molecule has 6 heteroatoms. The molecule has 0 bridgehead atoms. The van der Waals surface area contributed by atoms with E-state index in [1.54, 1.807) is 7.05 Å². The van der Waals surface area contributed by atoms with E-state index in [2.05, 4.69) is 32.5 Å². The molecule has 1 aromatic heterocycles. The number of hydrogen-bond donors (Lipinski definition) is 2. The molecule has 0 saturated heterocycles. The maximum atomic E-state index is 5.32. The van der Waals surface area contributed by atoms with Gasteiger partial charge in [-0.1, -0.05) is 6.92 Å². The van der Waals surface area contributed by atoms with Crippen molar-refractivity contribution in [2.24, 2.45) is 5.41 Å². The Morgan fingerprint density at radius 2 is 1.89 bits per heavy atom. The summed E-state index contributed by atoms with van der Waals surface area (Å²) in [7, 11) is 1.78. The van der Waals surface area contributed by atoms with Crippen molar-refractivity contribution in [2.45, 2.75) is 33.1 Å². The number of nitrogens with one attached hydrogen (secondary N) is 2. The minimum atomic E-state index is 0.362. The van der Waals surface area contributed by atoms with Gasteiger partial charge in [-0.05, 0) is 31.6 Å². The molecule has 2 N–H and O–H groups in total. The van der Waals surface area contributed by atoms with Gasteiger partial charge in [0.05, 0.1) is 6.61 Å². The lowest BCUT2D eigenvalue weighted by Crippen LogP contribution is -2.17. The number of ether oxygens (including phenoxy) is 1. The summed E-state index contributed by atoms with van der Waals surface area (Å²) in [5.74, 6) is 1.11. The molecule has 18 heavy (non-hydrogen) atoms. The van der Waals surface area contributed by atoms with E-state index in [1.165, 1.54) is 19.3 Å². The van der Waals surface area contributed by atoms with Crippen LogP contribution in [0.3, 0.4) is 0 Å². The fraction of sp³-hybridized carbons (Fsp3) is 0.750. The number of nitrogens with zero attached hydrogens (tertiary/aromatic N) is 3. The summed E-state index contributed by atoms with van der Waals surface area (Å²) in [6.07, 6.45) is 3.78. The van der Waals surface area contributed by atoms with E-state index in [1.807, 2.05) is 6.92 Å². The predicted molar refractivity (Wildman–Crippen MR) is 71.0 cm³/mol. The van der Waals surface area contributed by atoms with Gasteiger partial charge in [0.1, 0.15) is 0 Å². The molecule has 0 spiro atoms. The molecule has 0 unspecified atom stereocenters. The zero-order valence-corrected chi connectivity index (χ0v) is 11.3. The first-order valence-corrected chi connectivity index (χ1v) is 6.52. The van der Waals surface area contributed by atoms with Crippen LogP contribution in [0.25, 0.3) is 0 Å². The molecule has 0 aliphatic heterocycles. The van der Waals surface area contributed by atoms with Crippen LogP contribution in [0.1, 0.15) is 33.1 Å². The van der Waals surface area contributed by atoms with E-state index >= 15 is 0 Å². The Balaban J connectivity index is 2.04. The van der Waals surface area contributed by atoms with Crippen molar-refractivity contribution in [1.82, 2.24) is 15.0 Å². The highest BCUT2D eigenvalue weighted by Crippen LogP contribution is 2.48. The Morgan fingerprint density at radius 1 is 1.17 bits per heavy atom. The normalized spacial score (nSPS) is 16.2. The second-order valence-electron chi connectivity index (χ2n) is 4.66. The zero-order chi connectivity index (χ0) is 13.0. The van der Waals surface area contributed by atoms with Gasteiger partial charge in [-0.2, -0.15) is 15.0 Å². The van der Waals surface area contributed by atoms with Crippen molar-refractivity contribution in [1.29, 1.82) is 0 Å². The molecule has 1 fully saturated rings. The molecule has 1 aliphatic carbocycles. The van der Waals surface area contributed by atoms with Gasteiger partial charge in [0.15, 0.2) is 0 Å². The lowest BCUT2D eigenvalue weighted by Gasteiger charge is -2.14. The van der Waals surface area contributed by atoms with Crippen LogP contribution in [0.4, 0.5) is 11.9 Å². The number of hydrogen-bond acceptors (Lipinski definition) is 6. The quantitative estimate of drug-likeness (QED) is 0.771. The van der Waals surface area contributed by atoms with Gasteiger partial charge in [-0.15, -0.1) is 0 Å². The van der Waals surface area contributed by atoms with Gasteiger partial charge in [-0.3, -0.25) is 0 Å². The molecule has 0 aromatic carbocycles. The Bertz CT molecular complexity index is 405. The molecule has 0 radical (unpaired) electrons. The van der Waals surface area contributed by atoms with Crippen LogP contribution in [0.5, 0.6) is 6.01 Å². The summed E-state index contributed by atoms with van der Waals surface area (Å²) in [6.45, 7) is 5.60. The first kappa shape index (κ1) is 12.9. The van der Waals surface area contributed by atoms with E-state index in [0.717, 1.165) is 6.54 Å². The second kappa shape index (κ2) is 5.37. The summed E-state index contributed by atoms with van der Waals surface area (Å²) < 4.78 is 5.32. The lowest BCUT2D eigenvalue weighted by atomic mass is 10.0. The van der Waals surface area contributed by atoms with Gasteiger partial charge < -0.3 is 15.4 Å². The molecule has 1 saturated carbocycles. The van der Waals surface area contributed by atoms with Crippen molar-refractivity contribution in [3.63, 3.8) is 0 Å². The highest BCUT2D eigenvalue weighted by molar-refractivity contribution is 5.35. The third kappa shape index (κ3) is 3.00. The zero-order valence-electron chi connectivity index (χ0n) is 11.3. The van der Waals surface area contributed by atoms with Crippen molar-refractivity contribution in [3.8, 4) is 6.01 Å². The molecule has 100 valence electrons. The molecular weight excluding hydrogens is 230 g/mol. The van der Waals surface area contributed by atoms with E-state index in [4.69, 9.17) is 4.74 Å². The summed E-state index contributed by atoms with van der Waals surface area (Å²) in [4.78, 5) is 12.6. The van der Waals surface area contributed by atoms with E-state index in [-0.39, 0.29) is 0 Å². The van der Waals surface area contributed by atoms with E-state index < -0.39 is 0 Å². The fourth-order valence-electron chi connectivity index (χ4n) is 1.84. The predicted octanol–water partition coefficient (Wildman–Crippen LogP) is 1.91. The van der Waals surface area contributed by atoms with Crippen LogP contribution >= 0.6 is 0 Å². The number of aromatic nitrogens is 3. The average molecular weight is 251 g/mol. The number of anilines is 2. The molecule has 2 rings (SSSR count). The van der Waals surface area contributed by atoms with Gasteiger partial charge in [0.2, 0.25) is 11.9 Å². The molecule has 0 amide bonds. The highest BCUT2D eigenvalue weighted by atomic mass is 16.5. The first-order chi connectivity index (χ1) is 8.71. The van der Waals surface area contributed by atoms with Crippen molar-refractivity contribution in [2.75, 3.05) is 30.8 Å². The summed E-state index contributed by atoms with van der Waals surface area (Å²) in [5.41, 5.74) is 0.457. The Labute approximate surface area is 108 Å². The van der Waals surface area contributed by atoms with Gasteiger partial charge >= 0.3 is 6.01 Å². The molecule has 1 aliphatic rings. The maximum Gasteiger partial charge on any atom is 0.323 e. The van der Waals surface area contributed by atoms with Gasteiger partial charge in [-0.25, -0.2) is 0 Å². The molecule has 1 aromatic rings. The SMILES string of the molecule is CCOc1nc(NC)nc(NCC2(CC)CC2)n1. The van der Waals surface area contributed by atoms with Crippen LogP contribution in [0.2, 0.25) is 0 Å². The Kier molecular flexibility index (Phi) is 3.84. The number of rotatable bonds is 7. The van der Waals surface area contributed by atoms with E-state index in [9.17, 15) is 0 Å². The van der Waals surface area contributed by atoms with Crippen molar-refractivity contribution in [3.05, 3.63) is 0 Å². The van der Waals surface area contributed by atoms with E-state index in [0.29, 0.717) is 29.9 Å². The summed E-state index contributed by atoms with van der Waals surface area (Å²) in [5, 5.41) is 6.20. The second-order valence-corrected chi connectivity index (χ2v) is 4.66. The van der Waals surface area contributed by atoms with Crippen LogP contribution < -0.4 is 15.4 Å².